The van der Waals surface area contributed by atoms with Crippen molar-refractivity contribution in [3.05, 3.63) is 95.6 Å². The summed E-state index contributed by atoms with van der Waals surface area (Å²) < 4.78 is 56.4. The zero-order chi connectivity index (χ0) is 23.4. The SMILES string of the molecule is CCCCCCCc1ccc2cc(-c3cc(F)c(-c4ccc(F)c(F)c4)c(F)c3)ccc2c1. The van der Waals surface area contributed by atoms with Gasteiger partial charge in [-0.25, -0.2) is 17.6 Å². The van der Waals surface area contributed by atoms with Crippen molar-refractivity contribution in [1.29, 1.82) is 0 Å². The van der Waals surface area contributed by atoms with Crippen LogP contribution in [0.5, 0.6) is 0 Å². The lowest BCUT2D eigenvalue weighted by atomic mass is 9.96. The number of unbranched alkanes of at least 4 members (excludes halogenated alkanes) is 4. The van der Waals surface area contributed by atoms with Crippen LogP contribution in [-0.4, -0.2) is 0 Å². The van der Waals surface area contributed by atoms with Gasteiger partial charge < -0.3 is 0 Å². The Labute approximate surface area is 191 Å². The fourth-order valence-electron chi connectivity index (χ4n) is 4.23. The normalized spacial score (nSPS) is 11.3. The monoisotopic (exact) mass is 450 g/mol. The van der Waals surface area contributed by atoms with Gasteiger partial charge >= 0.3 is 0 Å². The summed E-state index contributed by atoms with van der Waals surface area (Å²) in [4.78, 5) is 0. The standard InChI is InChI=1S/C29H26F4/c1-2-3-4-5-6-7-19-8-9-21-15-22(11-10-20(21)14-19)24-17-27(32)29(28(33)18-24)23-12-13-25(30)26(31)16-23/h8-18H,2-7H2,1H3. The predicted molar refractivity (Wildman–Crippen MR) is 127 cm³/mol. The highest BCUT2D eigenvalue weighted by Gasteiger charge is 2.16. The van der Waals surface area contributed by atoms with Gasteiger partial charge in [-0.3, -0.25) is 0 Å². The molecule has 0 fully saturated rings. The van der Waals surface area contributed by atoms with Crippen LogP contribution in [0.2, 0.25) is 0 Å². The zero-order valence-electron chi connectivity index (χ0n) is 18.6. The predicted octanol–water partition coefficient (Wildman–Crippen LogP) is 9.24. The molecule has 0 aliphatic carbocycles. The van der Waals surface area contributed by atoms with Crippen LogP contribution in [0.15, 0.2) is 66.7 Å². The van der Waals surface area contributed by atoms with Gasteiger partial charge in [-0.05, 0) is 76.2 Å². The highest BCUT2D eigenvalue weighted by atomic mass is 19.2. The van der Waals surface area contributed by atoms with Crippen molar-refractivity contribution in [1.82, 2.24) is 0 Å². The maximum absolute atomic E-state index is 14.8. The molecule has 0 heterocycles. The van der Waals surface area contributed by atoms with Crippen LogP contribution < -0.4 is 0 Å². The van der Waals surface area contributed by atoms with E-state index in [0.717, 1.165) is 35.4 Å². The van der Waals surface area contributed by atoms with Crippen molar-refractivity contribution in [3.8, 4) is 22.3 Å². The van der Waals surface area contributed by atoms with Gasteiger partial charge in [0.05, 0.1) is 5.56 Å². The molecule has 4 aromatic carbocycles. The second kappa shape index (κ2) is 10.2. The number of rotatable bonds is 8. The molecule has 0 saturated carbocycles. The van der Waals surface area contributed by atoms with Crippen LogP contribution in [0.25, 0.3) is 33.0 Å². The summed E-state index contributed by atoms with van der Waals surface area (Å²) in [6.07, 6.45) is 7.25. The van der Waals surface area contributed by atoms with Crippen LogP contribution in [0.1, 0.15) is 44.6 Å². The first-order valence-corrected chi connectivity index (χ1v) is 11.4. The summed E-state index contributed by atoms with van der Waals surface area (Å²) in [5.74, 6) is -3.86. The maximum atomic E-state index is 14.8. The van der Waals surface area contributed by atoms with Crippen molar-refractivity contribution < 1.29 is 17.6 Å². The summed E-state index contributed by atoms with van der Waals surface area (Å²) in [6.45, 7) is 2.21. The fourth-order valence-corrected chi connectivity index (χ4v) is 4.23. The van der Waals surface area contributed by atoms with Gasteiger partial charge in [0.25, 0.3) is 0 Å². The third-order valence-corrected chi connectivity index (χ3v) is 6.06. The Morgan fingerprint density at radius 1 is 0.515 bits per heavy atom. The summed E-state index contributed by atoms with van der Waals surface area (Å²) >= 11 is 0. The molecule has 4 aromatic rings. The molecule has 0 spiro atoms. The average molecular weight is 451 g/mol. The number of hydrogen-bond acceptors (Lipinski definition) is 0. The van der Waals surface area contributed by atoms with E-state index in [0.29, 0.717) is 11.1 Å². The Morgan fingerprint density at radius 2 is 1.15 bits per heavy atom. The molecule has 0 aliphatic heterocycles. The summed E-state index contributed by atoms with van der Waals surface area (Å²) in [5, 5.41) is 2.08. The molecule has 0 saturated heterocycles. The largest absolute Gasteiger partial charge is 0.206 e. The smallest absolute Gasteiger partial charge is 0.159 e. The lowest BCUT2D eigenvalue weighted by Crippen LogP contribution is -1.94. The number of hydrogen-bond donors (Lipinski definition) is 0. The van der Waals surface area contributed by atoms with E-state index in [1.165, 1.54) is 49.8 Å². The first-order chi connectivity index (χ1) is 16.0. The Hall–Kier alpha value is -3.14. The van der Waals surface area contributed by atoms with Crippen LogP contribution in [-0.2, 0) is 6.42 Å². The summed E-state index contributed by atoms with van der Waals surface area (Å²) in [6, 6.07) is 17.3. The molecule has 0 nitrogen and oxygen atoms in total. The molecular weight excluding hydrogens is 424 g/mol. The van der Waals surface area contributed by atoms with Crippen molar-refractivity contribution in [2.45, 2.75) is 45.4 Å². The molecule has 0 amide bonds. The second-order valence-electron chi connectivity index (χ2n) is 8.50. The van der Waals surface area contributed by atoms with Crippen molar-refractivity contribution >= 4 is 10.8 Å². The van der Waals surface area contributed by atoms with Crippen LogP contribution in [0, 0.1) is 23.3 Å². The zero-order valence-corrected chi connectivity index (χ0v) is 18.6. The number of fused-ring (bicyclic) bond motifs is 1. The van der Waals surface area contributed by atoms with Crippen molar-refractivity contribution in [3.63, 3.8) is 0 Å². The van der Waals surface area contributed by atoms with E-state index in [2.05, 4.69) is 19.1 Å². The van der Waals surface area contributed by atoms with E-state index in [-0.39, 0.29) is 11.1 Å². The second-order valence-corrected chi connectivity index (χ2v) is 8.50. The van der Waals surface area contributed by atoms with Gasteiger partial charge in [-0.2, -0.15) is 0 Å². The van der Waals surface area contributed by atoms with Crippen LogP contribution in [0.3, 0.4) is 0 Å². The molecule has 4 rings (SSSR count). The topological polar surface area (TPSA) is 0 Å². The molecule has 0 atom stereocenters. The molecule has 0 aliphatic rings. The molecule has 0 aromatic heterocycles. The minimum atomic E-state index is -1.15. The van der Waals surface area contributed by atoms with Gasteiger partial charge in [-0.15, -0.1) is 0 Å². The van der Waals surface area contributed by atoms with E-state index < -0.39 is 23.3 Å². The van der Waals surface area contributed by atoms with Crippen molar-refractivity contribution in [2.24, 2.45) is 0 Å². The van der Waals surface area contributed by atoms with Gasteiger partial charge in [0.15, 0.2) is 11.6 Å². The summed E-state index contributed by atoms with van der Waals surface area (Å²) in [7, 11) is 0. The lowest BCUT2D eigenvalue weighted by Gasteiger charge is -2.11. The molecule has 0 bridgehead atoms. The van der Waals surface area contributed by atoms with Gasteiger partial charge in [-0.1, -0.05) is 69.0 Å². The lowest BCUT2D eigenvalue weighted by molar-refractivity contribution is 0.508. The molecule has 0 unspecified atom stereocenters. The fraction of sp³-hybridized carbons (Fsp3) is 0.241. The van der Waals surface area contributed by atoms with E-state index in [9.17, 15) is 17.6 Å². The minimum absolute atomic E-state index is 0.0452. The Kier molecular flexibility index (Phi) is 7.12. The third-order valence-electron chi connectivity index (χ3n) is 6.06. The van der Waals surface area contributed by atoms with Crippen LogP contribution in [0.4, 0.5) is 17.6 Å². The maximum Gasteiger partial charge on any atom is 0.159 e. The first-order valence-electron chi connectivity index (χ1n) is 11.4. The van der Waals surface area contributed by atoms with E-state index in [1.807, 2.05) is 24.3 Å². The van der Waals surface area contributed by atoms with Crippen molar-refractivity contribution in [2.75, 3.05) is 0 Å². The average Bonchev–Trinajstić information content (AvgIpc) is 2.80. The minimum Gasteiger partial charge on any atom is -0.206 e. The molecule has 0 N–H and O–H groups in total. The van der Waals surface area contributed by atoms with Gasteiger partial charge in [0.1, 0.15) is 11.6 Å². The molecular formula is C29H26F4. The van der Waals surface area contributed by atoms with E-state index >= 15 is 0 Å². The number of aryl methyl sites for hydroxylation is 1. The molecule has 33 heavy (non-hydrogen) atoms. The Bertz CT molecular complexity index is 1250. The molecule has 4 heteroatoms. The first kappa shape index (κ1) is 23.0. The molecule has 170 valence electrons. The third kappa shape index (κ3) is 5.27. The van der Waals surface area contributed by atoms with Gasteiger partial charge in [0.2, 0.25) is 0 Å². The Balaban J connectivity index is 1.58. The number of halogens is 4. The van der Waals surface area contributed by atoms with E-state index in [4.69, 9.17) is 0 Å². The van der Waals surface area contributed by atoms with E-state index in [1.54, 1.807) is 0 Å². The Morgan fingerprint density at radius 3 is 1.88 bits per heavy atom. The quantitative estimate of drug-likeness (QED) is 0.185. The van der Waals surface area contributed by atoms with Crippen LogP contribution >= 0.6 is 0 Å². The highest BCUT2D eigenvalue weighted by Crippen LogP contribution is 2.33. The van der Waals surface area contributed by atoms with Gasteiger partial charge in [0, 0.05) is 0 Å². The number of benzene rings is 4. The molecule has 0 radical (unpaired) electrons. The highest BCUT2D eigenvalue weighted by molar-refractivity contribution is 5.88. The summed E-state index contributed by atoms with van der Waals surface area (Å²) in [5.41, 5.74) is 1.95.